The molecule has 13 aromatic heterocycles. The number of benzene rings is 6. The zero-order valence-corrected chi connectivity index (χ0v) is 62.7. The fourth-order valence-corrected chi connectivity index (χ4v) is 12.9. The van der Waals surface area contributed by atoms with E-state index in [1.54, 1.807) is 82.1 Å². The fourth-order valence-electron chi connectivity index (χ4n) is 12.6. The Balaban J connectivity index is 0.000000114. The topological polar surface area (TPSA) is 516 Å². The number of fused-ring (bicyclic) bond motifs is 7. The number of H-pyrrole nitrogens is 1. The number of aromatic hydroxyl groups is 3. The van der Waals surface area contributed by atoms with Crippen LogP contribution in [0.2, 0.25) is 5.02 Å². The number of rotatable bonds is 7. The molecule has 0 radical (unpaired) electrons. The summed E-state index contributed by atoms with van der Waals surface area (Å²) >= 11 is 5.94. The lowest BCUT2D eigenvalue weighted by atomic mass is 10.1. The molecule has 0 fully saturated rings. The molecule has 40 heteroatoms. The molecule has 0 atom stereocenters. The maximum atomic E-state index is 13.6. The molecule has 578 valence electrons. The highest BCUT2D eigenvalue weighted by Gasteiger charge is 2.23. The summed E-state index contributed by atoms with van der Waals surface area (Å²) in [4.78, 5) is 48.8. The van der Waals surface area contributed by atoms with E-state index in [0.717, 1.165) is 61.6 Å². The van der Waals surface area contributed by atoms with Gasteiger partial charge >= 0.3 is 0 Å². The quantitative estimate of drug-likeness (QED) is 0.0709. The van der Waals surface area contributed by atoms with Crippen molar-refractivity contribution in [3.63, 3.8) is 0 Å². The summed E-state index contributed by atoms with van der Waals surface area (Å²) < 4.78 is 55.2. The largest absolute Gasteiger partial charge is 0.508 e. The number of aromatic nitrogens is 26. The summed E-state index contributed by atoms with van der Waals surface area (Å²) in [7, 11) is 12.1. The number of nitrogens with one attached hydrogen (secondary N) is 1. The summed E-state index contributed by atoms with van der Waals surface area (Å²) in [6.07, 6.45) is 10.1. The molecule has 19 rings (SSSR count). The third kappa shape index (κ3) is 15.2. The normalized spacial score (nSPS) is 11.1. The van der Waals surface area contributed by atoms with E-state index in [9.17, 15) is 28.5 Å². The number of halogens is 4. The number of nitrogen functional groups attached to an aromatic ring is 6. The van der Waals surface area contributed by atoms with Crippen molar-refractivity contribution >= 4 is 124 Å². The van der Waals surface area contributed by atoms with Gasteiger partial charge in [0.1, 0.15) is 136 Å². The zero-order valence-electron chi connectivity index (χ0n) is 61.9. The molecule has 13 heterocycles. The van der Waals surface area contributed by atoms with Crippen LogP contribution in [0, 0.1) is 24.4 Å². The number of aromatic amines is 1. The highest BCUT2D eigenvalue weighted by Crippen LogP contribution is 2.39. The Morgan fingerprint density at radius 1 is 0.374 bits per heavy atom. The number of nitrogens with zero attached hydrogens (tertiary/aromatic N) is 25. The van der Waals surface area contributed by atoms with Crippen LogP contribution in [0.3, 0.4) is 0 Å². The smallest absolute Gasteiger partial charge is 0.165 e. The van der Waals surface area contributed by atoms with Gasteiger partial charge in [0.2, 0.25) is 0 Å². The number of hydrogen-bond acceptors (Lipinski definition) is 29. The van der Waals surface area contributed by atoms with Crippen molar-refractivity contribution < 1.29 is 33.2 Å². The van der Waals surface area contributed by atoms with Crippen LogP contribution in [0.25, 0.3) is 145 Å². The lowest BCUT2D eigenvalue weighted by Crippen LogP contribution is -1.95. The number of nitrogens with two attached hydrogens (primary N) is 6. The van der Waals surface area contributed by atoms with E-state index in [0.29, 0.717) is 123 Å². The van der Waals surface area contributed by atoms with Crippen LogP contribution in [0.5, 0.6) is 23.0 Å². The highest BCUT2D eigenvalue weighted by atomic mass is 35.5. The third-order valence-electron chi connectivity index (χ3n) is 17.8. The number of methoxy groups -OCH3 is 1. The Labute approximate surface area is 651 Å². The minimum Gasteiger partial charge on any atom is -0.508 e. The molecular formula is C75H66ClF3N32O4. The first-order chi connectivity index (χ1) is 55.2. The molecule has 16 N–H and O–H groups in total. The molecule has 0 aliphatic heterocycles. The Hall–Kier alpha value is -15.8. The van der Waals surface area contributed by atoms with Crippen molar-refractivity contribution in [3.8, 4) is 90.5 Å². The first kappa shape index (κ1) is 76.0. The van der Waals surface area contributed by atoms with E-state index < -0.39 is 23.2 Å². The molecular weight excluding hydrogens is 1510 g/mol. The monoisotopic (exact) mass is 1570 g/mol. The van der Waals surface area contributed by atoms with Crippen molar-refractivity contribution in [1.29, 1.82) is 0 Å². The van der Waals surface area contributed by atoms with Crippen LogP contribution in [0.15, 0.2) is 159 Å². The van der Waals surface area contributed by atoms with Gasteiger partial charge in [-0.2, -0.15) is 35.7 Å². The van der Waals surface area contributed by atoms with Crippen LogP contribution < -0.4 is 39.1 Å². The van der Waals surface area contributed by atoms with Gasteiger partial charge in [-0.25, -0.2) is 101 Å². The minimum atomic E-state index is -0.716. The maximum Gasteiger partial charge on any atom is 0.165 e. The Morgan fingerprint density at radius 2 is 0.722 bits per heavy atom. The van der Waals surface area contributed by atoms with E-state index in [1.807, 2.05) is 44.4 Å². The summed E-state index contributed by atoms with van der Waals surface area (Å²) in [5, 5.41) is 66.9. The second kappa shape index (κ2) is 31.3. The number of ether oxygens (including phenoxy) is 1. The number of hydrogen-bond donors (Lipinski definition) is 10. The van der Waals surface area contributed by atoms with Gasteiger partial charge in [-0.05, 0) is 79.7 Å². The number of anilines is 6. The number of phenols is 3. The fraction of sp³-hybridized carbons (Fsp3) is 0.107. The summed E-state index contributed by atoms with van der Waals surface area (Å²) in [6.45, 7) is 2.05. The van der Waals surface area contributed by atoms with Crippen LogP contribution in [0.4, 0.5) is 48.1 Å². The van der Waals surface area contributed by atoms with E-state index in [4.69, 9.17) is 50.7 Å². The summed E-state index contributed by atoms with van der Waals surface area (Å²) in [6, 6.07) is 31.0. The molecule has 0 saturated heterocycles. The lowest BCUT2D eigenvalue weighted by Gasteiger charge is -2.04. The average molecular weight is 1570 g/mol. The zero-order chi connectivity index (χ0) is 81.4. The Bertz CT molecular complexity index is 6760. The van der Waals surface area contributed by atoms with Gasteiger partial charge in [0.25, 0.3) is 0 Å². The summed E-state index contributed by atoms with van der Waals surface area (Å²) in [5.41, 5.74) is 49.0. The van der Waals surface area contributed by atoms with Crippen molar-refractivity contribution in [3.05, 3.63) is 187 Å². The van der Waals surface area contributed by atoms with Crippen LogP contribution in [-0.4, -0.2) is 151 Å². The van der Waals surface area contributed by atoms with Gasteiger partial charge < -0.3 is 54.5 Å². The van der Waals surface area contributed by atoms with Gasteiger partial charge in [-0.1, -0.05) is 47.5 Å². The molecule has 0 aliphatic carbocycles. The average Bonchev–Trinajstić information content (AvgIpc) is 1.73. The third-order valence-corrected chi connectivity index (χ3v) is 18.0. The first-order valence-corrected chi connectivity index (χ1v) is 34.5. The van der Waals surface area contributed by atoms with Gasteiger partial charge in [-0.15, -0.1) is 0 Å². The predicted octanol–water partition coefficient (Wildman–Crippen LogP) is 10.1. The molecule has 115 heavy (non-hydrogen) atoms. The first-order valence-electron chi connectivity index (χ1n) is 34.1. The lowest BCUT2D eigenvalue weighted by molar-refractivity contribution is 0.411. The molecule has 36 nitrogen and oxygen atoms in total. The number of phenolic OH excluding ortho intramolecular Hbond substituents is 3. The predicted molar refractivity (Wildman–Crippen MR) is 428 cm³/mol. The standard InChI is InChI=1S/C13H12FN5O.C13H11N7.C13H13N5.C12H10ClN5O.2C12H10FN5O/c1-19-13-10(12(15)16-6-17-13)11(18-19)7-3-8(14)5-9(4-7)20-2;1-20-13-10(12(14)15-6-16-13)11(19-20)7-2-3-8-5-17-18-9(8)4-7;1-8-4-3-5-9(6-8)11-10-12(14)15-7-16-13(10)18(2)17-11;2*1-18-12-9(11(14)15-5-16-12)10(17-18)6-2-7(13)4-8(19)3-6;1-18-12-9(11(14)15-5-16-12)10(17-18)6-2-3-8(19)7(13)4-6/h3-6H,1-2H3,(H2,15,16,17);2-6H,1H3,(H,17,18)(H2,14,15,16);3-7H,1-2H3,(H2,14,15,16);3*2-5,19H,1H3,(H2,14,15,16). The Morgan fingerprint density at radius 3 is 1.10 bits per heavy atom. The Kier molecular flexibility index (Phi) is 20.7. The van der Waals surface area contributed by atoms with E-state index in [1.165, 1.54) is 97.8 Å². The van der Waals surface area contributed by atoms with Crippen molar-refractivity contribution in [2.45, 2.75) is 6.92 Å². The summed E-state index contributed by atoms with van der Waals surface area (Å²) in [5.74, 6) is 0.299. The second-order valence-electron chi connectivity index (χ2n) is 25.6. The van der Waals surface area contributed by atoms with Crippen molar-refractivity contribution in [1.82, 2.24) is 129 Å². The van der Waals surface area contributed by atoms with Gasteiger partial charge in [0.15, 0.2) is 45.4 Å². The molecule has 0 aliphatic rings. The van der Waals surface area contributed by atoms with E-state index in [-0.39, 0.29) is 23.1 Å². The van der Waals surface area contributed by atoms with Crippen molar-refractivity contribution in [2.24, 2.45) is 42.3 Å². The highest BCUT2D eigenvalue weighted by molar-refractivity contribution is 6.31. The van der Waals surface area contributed by atoms with E-state index >= 15 is 0 Å². The molecule has 0 spiro atoms. The van der Waals surface area contributed by atoms with Crippen molar-refractivity contribution in [2.75, 3.05) is 41.5 Å². The maximum absolute atomic E-state index is 13.6. The van der Waals surface area contributed by atoms with Crippen LogP contribution in [0.1, 0.15) is 5.56 Å². The van der Waals surface area contributed by atoms with E-state index in [2.05, 4.69) is 120 Å². The van der Waals surface area contributed by atoms with Gasteiger partial charge in [0.05, 0.1) is 51.1 Å². The SMILES string of the molecule is COc1cc(F)cc(-c2nn(C)c3ncnc(N)c23)c1.Cc1cccc(-c2nn(C)c3ncnc(N)c23)c1.Cn1nc(-c2cc(O)cc(Cl)c2)c2c(N)ncnc21.Cn1nc(-c2cc(O)cc(F)c2)c2c(N)ncnc21.Cn1nc(-c2ccc(O)c(F)c2)c2c(N)ncnc21.Cn1nc(-c2ccc3cn[nH]c3c2)c2c(N)ncnc21. The number of aryl methyl sites for hydroxylation is 7. The molecule has 6 aromatic carbocycles. The molecule has 0 saturated carbocycles. The molecule has 0 amide bonds. The van der Waals surface area contributed by atoms with Gasteiger partial charge in [0, 0.05) is 98.2 Å². The molecule has 19 aromatic rings. The van der Waals surface area contributed by atoms with Crippen LogP contribution >= 0.6 is 11.6 Å². The minimum absolute atomic E-state index is 0.0664. The molecule has 0 bridgehead atoms. The van der Waals surface area contributed by atoms with Crippen LogP contribution in [-0.2, 0) is 42.3 Å². The van der Waals surface area contributed by atoms with Gasteiger partial charge in [-0.3, -0.25) is 5.10 Å². The second-order valence-corrected chi connectivity index (χ2v) is 26.0. The molecule has 0 unspecified atom stereocenters.